The van der Waals surface area contributed by atoms with E-state index in [0.29, 0.717) is 17.2 Å². The number of anilines is 1. The van der Waals surface area contributed by atoms with E-state index in [1.54, 1.807) is 12.1 Å². The zero-order valence-corrected chi connectivity index (χ0v) is 13.1. The maximum Gasteiger partial charge on any atom is 0.257 e. The summed E-state index contributed by atoms with van der Waals surface area (Å²) in [6.45, 7) is 6.16. The van der Waals surface area contributed by atoms with Crippen LogP contribution in [0, 0.1) is 32.6 Å². The summed E-state index contributed by atoms with van der Waals surface area (Å²) in [7, 11) is 0. The van der Waals surface area contributed by atoms with Gasteiger partial charge in [-0.1, -0.05) is 17.9 Å². The molecule has 1 heterocycles. The van der Waals surface area contributed by atoms with Crippen molar-refractivity contribution < 1.29 is 4.79 Å². The summed E-state index contributed by atoms with van der Waals surface area (Å²) in [5.74, 6) is 5.60. The van der Waals surface area contributed by atoms with Crippen LogP contribution in [0.1, 0.15) is 32.1 Å². The SMILES string of the molecule is Cc1ccc(C(=O)Nc2nc(C)c(C)s2)cc1C#CCN. The number of rotatable bonds is 2. The number of carbonyl (C=O) groups is 1. The molecule has 3 N–H and O–H groups in total. The highest BCUT2D eigenvalue weighted by atomic mass is 32.1. The van der Waals surface area contributed by atoms with Gasteiger partial charge in [-0.25, -0.2) is 4.98 Å². The van der Waals surface area contributed by atoms with Crippen molar-refractivity contribution in [3.8, 4) is 11.8 Å². The van der Waals surface area contributed by atoms with Crippen molar-refractivity contribution in [1.82, 2.24) is 4.98 Å². The van der Waals surface area contributed by atoms with Gasteiger partial charge in [0.05, 0.1) is 12.2 Å². The molecule has 2 rings (SSSR count). The van der Waals surface area contributed by atoms with Crippen LogP contribution in [0.2, 0.25) is 0 Å². The van der Waals surface area contributed by atoms with Crippen molar-refractivity contribution in [2.75, 3.05) is 11.9 Å². The van der Waals surface area contributed by atoms with Crippen LogP contribution in [0.15, 0.2) is 18.2 Å². The van der Waals surface area contributed by atoms with Crippen LogP contribution in [0.3, 0.4) is 0 Å². The zero-order chi connectivity index (χ0) is 15.4. The Morgan fingerprint density at radius 3 is 2.76 bits per heavy atom. The Balaban J connectivity index is 2.23. The van der Waals surface area contributed by atoms with E-state index in [4.69, 9.17) is 5.73 Å². The molecule has 1 aromatic heterocycles. The Bertz CT molecular complexity index is 718. The molecular formula is C16H17N3OS. The molecule has 4 nitrogen and oxygen atoms in total. The van der Waals surface area contributed by atoms with Crippen molar-refractivity contribution >= 4 is 22.4 Å². The summed E-state index contributed by atoms with van der Waals surface area (Å²) in [6.07, 6.45) is 0. The molecule has 0 saturated carbocycles. The average Bonchev–Trinajstić information content (AvgIpc) is 2.76. The predicted octanol–water partition coefficient (Wildman–Crippen LogP) is 2.63. The quantitative estimate of drug-likeness (QED) is 0.838. The minimum atomic E-state index is -0.181. The summed E-state index contributed by atoms with van der Waals surface area (Å²) < 4.78 is 0. The molecule has 2 aromatic rings. The van der Waals surface area contributed by atoms with Crippen LogP contribution in [-0.2, 0) is 0 Å². The van der Waals surface area contributed by atoms with Crippen LogP contribution < -0.4 is 11.1 Å². The van der Waals surface area contributed by atoms with Crippen LogP contribution in [0.4, 0.5) is 5.13 Å². The molecule has 5 heteroatoms. The molecule has 0 bridgehead atoms. The summed E-state index contributed by atoms with van der Waals surface area (Å²) in [6, 6.07) is 5.44. The number of carbonyl (C=O) groups excluding carboxylic acids is 1. The topological polar surface area (TPSA) is 68.0 Å². The zero-order valence-electron chi connectivity index (χ0n) is 12.3. The van der Waals surface area contributed by atoms with E-state index in [1.165, 1.54) is 11.3 Å². The highest BCUT2D eigenvalue weighted by molar-refractivity contribution is 7.15. The van der Waals surface area contributed by atoms with Gasteiger partial charge < -0.3 is 5.73 Å². The highest BCUT2D eigenvalue weighted by Gasteiger charge is 2.11. The summed E-state index contributed by atoms with van der Waals surface area (Å²) >= 11 is 1.47. The first kappa shape index (κ1) is 15.2. The Morgan fingerprint density at radius 2 is 2.14 bits per heavy atom. The minimum absolute atomic E-state index is 0.181. The molecule has 0 atom stereocenters. The van der Waals surface area contributed by atoms with Crippen LogP contribution in [0.25, 0.3) is 0 Å². The fourth-order valence-corrected chi connectivity index (χ4v) is 2.55. The predicted molar refractivity (Wildman–Crippen MR) is 86.7 cm³/mol. The molecule has 0 aliphatic carbocycles. The second-order valence-corrected chi connectivity index (χ2v) is 5.85. The molecule has 0 fully saturated rings. The normalized spacial score (nSPS) is 9.90. The molecule has 21 heavy (non-hydrogen) atoms. The summed E-state index contributed by atoms with van der Waals surface area (Å²) in [5, 5.41) is 3.43. The lowest BCUT2D eigenvalue weighted by atomic mass is 10.0. The molecule has 0 aliphatic rings. The third kappa shape index (κ3) is 3.69. The maximum atomic E-state index is 12.3. The number of thiazole rings is 1. The number of hydrogen-bond donors (Lipinski definition) is 2. The third-order valence-corrected chi connectivity index (χ3v) is 4.06. The number of nitrogens with zero attached hydrogens (tertiary/aromatic N) is 1. The van der Waals surface area contributed by atoms with Gasteiger partial charge >= 0.3 is 0 Å². The molecule has 0 saturated heterocycles. The van der Waals surface area contributed by atoms with Gasteiger partial charge in [-0.15, -0.1) is 11.3 Å². The third-order valence-electron chi connectivity index (χ3n) is 3.07. The first-order valence-electron chi connectivity index (χ1n) is 6.56. The van der Waals surface area contributed by atoms with Gasteiger partial charge in [0.25, 0.3) is 5.91 Å². The number of nitrogens with one attached hydrogen (secondary N) is 1. The van der Waals surface area contributed by atoms with Crippen molar-refractivity contribution in [3.63, 3.8) is 0 Å². The second kappa shape index (κ2) is 6.53. The van der Waals surface area contributed by atoms with Gasteiger partial charge in [0, 0.05) is 16.0 Å². The van der Waals surface area contributed by atoms with E-state index in [1.807, 2.05) is 26.8 Å². The number of amides is 1. The first-order chi connectivity index (χ1) is 10.0. The van der Waals surface area contributed by atoms with E-state index < -0.39 is 0 Å². The maximum absolute atomic E-state index is 12.3. The van der Waals surface area contributed by atoms with Crippen molar-refractivity contribution in [3.05, 3.63) is 45.5 Å². The molecule has 0 spiro atoms. The van der Waals surface area contributed by atoms with Gasteiger partial charge in [-0.3, -0.25) is 10.1 Å². The van der Waals surface area contributed by atoms with E-state index in [2.05, 4.69) is 22.1 Å². The number of aromatic nitrogens is 1. The van der Waals surface area contributed by atoms with Crippen molar-refractivity contribution in [2.24, 2.45) is 5.73 Å². The molecule has 0 unspecified atom stereocenters. The lowest BCUT2D eigenvalue weighted by Crippen LogP contribution is -2.12. The minimum Gasteiger partial charge on any atom is -0.320 e. The van der Waals surface area contributed by atoms with Gasteiger partial charge in [0.15, 0.2) is 5.13 Å². The van der Waals surface area contributed by atoms with Crippen LogP contribution in [0.5, 0.6) is 0 Å². The molecule has 1 amide bonds. The van der Waals surface area contributed by atoms with Gasteiger partial charge in [0.1, 0.15) is 0 Å². The smallest absolute Gasteiger partial charge is 0.257 e. The highest BCUT2D eigenvalue weighted by Crippen LogP contribution is 2.22. The summed E-state index contributed by atoms with van der Waals surface area (Å²) in [4.78, 5) is 17.7. The van der Waals surface area contributed by atoms with Gasteiger partial charge in [-0.05, 0) is 38.5 Å². The molecule has 0 radical (unpaired) electrons. The Hall–Kier alpha value is -2.16. The summed E-state index contributed by atoms with van der Waals surface area (Å²) in [5.41, 5.74) is 8.72. The number of benzene rings is 1. The lowest BCUT2D eigenvalue weighted by Gasteiger charge is -2.04. The first-order valence-corrected chi connectivity index (χ1v) is 7.38. The monoisotopic (exact) mass is 299 g/mol. The van der Waals surface area contributed by atoms with Crippen LogP contribution in [-0.4, -0.2) is 17.4 Å². The standard InChI is InChI=1S/C16H17N3OS/c1-10-6-7-14(9-13(10)5-4-8-17)15(20)19-16-18-11(2)12(3)21-16/h6-7,9H,8,17H2,1-3H3,(H,18,19,20). The number of aryl methyl sites for hydroxylation is 3. The molecule has 108 valence electrons. The number of hydrogen-bond acceptors (Lipinski definition) is 4. The van der Waals surface area contributed by atoms with Crippen molar-refractivity contribution in [2.45, 2.75) is 20.8 Å². The van der Waals surface area contributed by atoms with E-state index >= 15 is 0 Å². The van der Waals surface area contributed by atoms with Gasteiger partial charge in [0.2, 0.25) is 0 Å². The van der Waals surface area contributed by atoms with E-state index in [0.717, 1.165) is 21.7 Å². The van der Waals surface area contributed by atoms with Crippen LogP contribution >= 0.6 is 11.3 Å². The largest absolute Gasteiger partial charge is 0.320 e. The lowest BCUT2D eigenvalue weighted by molar-refractivity contribution is 0.102. The fourth-order valence-electron chi connectivity index (χ4n) is 1.74. The number of nitrogens with two attached hydrogens (primary N) is 1. The second-order valence-electron chi connectivity index (χ2n) is 4.65. The average molecular weight is 299 g/mol. The fraction of sp³-hybridized carbons (Fsp3) is 0.250. The Morgan fingerprint density at radius 1 is 1.38 bits per heavy atom. The molecular weight excluding hydrogens is 282 g/mol. The van der Waals surface area contributed by atoms with Crippen molar-refractivity contribution in [1.29, 1.82) is 0 Å². The molecule has 1 aromatic carbocycles. The Kier molecular flexibility index (Phi) is 4.73. The van der Waals surface area contributed by atoms with Gasteiger partial charge in [-0.2, -0.15) is 0 Å². The van der Waals surface area contributed by atoms with E-state index in [-0.39, 0.29) is 5.91 Å². The van der Waals surface area contributed by atoms with E-state index in [9.17, 15) is 4.79 Å². The Labute approximate surface area is 128 Å². The molecule has 0 aliphatic heterocycles.